The fourth-order valence-electron chi connectivity index (χ4n) is 2.78. The van der Waals surface area contributed by atoms with Crippen molar-refractivity contribution in [2.45, 2.75) is 6.54 Å². The first-order valence-corrected chi connectivity index (χ1v) is 9.93. The Bertz CT molecular complexity index is 1180. The lowest BCUT2D eigenvalue weighted by Crippen LogP contribution is -2.15. The number of hydrogen-bond donors (Lipinski definition) is 0. The van der Waals surface area contributed by atoms with Gasteiger partial charge in [0.15, 0.2) is 0 Å². The molecule has 0 N–H and O–H groups in total. The van der Waals surface area contributed by atoms with Crippen molar-refractivity contribution < 1.29 is 0 Å². The van der Waals surface area contributed by atoms with Gasteiger partial charge in [-0.3, -0.25) is 0 Å². The number of benzene rings is 3. The van der Waals surface area contributed by atoms with Gasteiger partial charge in [-0.1, -0.05) is 89.1 Å². The number of hydrogen-bond acceptors (Lipinski definition) is 3. The van der Waals surface area contributed by atoms with Crippen LogP contribution in [0.15, 0.2) is 83.0 Å². The number of aromatic nitrogens is 1. The van der Waals surface area contributed by atoms with Crippen LogP contribution >= 0.6 is 34.5 Å². The van der Waals surface area contributed by atoms with Gasteiger partial charge in [0.05, 0.1) is 33.0 Å². The highest BCUT2D eigenvalue weighted by molar-refractivity contribution is 7.16. The molecule has 0 saturated heterocycles. The van der Waals surface area contributed by atoms with Crippen LogP contribution in [0.25, 0.3) is 10.2 Å². The third kappa shape index (κ3) is 3.98. The normalized spacial score (nSPS) is 12.3. The predicted octanol–water partition coefficient (Wildman–Crippen LogP) is 5.99. The van der Waals surface area contributed by atoms with Crippen LogP contribution in [-0.2, 0) is 6.54 Å². The minimum Gasteiger partial charge on any atom is -0.311 e. The van der Waals surface area contributed by atoms with Crippen LogP contribution in [0.5, 0.6) is 0 Å². The molecular formula is C21H15Cl2N3S. The quantitative estimate of drug-likeness (QED) is 0.291. The van der Waals surface area contributed by atoms with Gasteiger partial charge in [0.1, 0.15) is 0 Å². The van der Waals surface area contributed by atoms with Crippen LogP contribution in [0.4, 0.5) is 0 Å². The first-order valence-electron chi connectivity index (χ1n) is 8.36. The summed E-state index contributed by atoms with van der Waals surface area (Å²) in [6.07, 6.45) is 1.63. The molecule has 0 saturated carbocycles. The maximum atomic E-state index is 6.21. The van der Waals surface area contributed by atoms with Gasteiger partial charge >= 0.3 is 0 Å². The summed E-state index contributed by atoms with van der Waals surface area (Å²) in [5.74, 6) is 0. The average Bonchev–Trinajstić information content (AvgIpc) is 3.03. The van der Waals surface area contributed by atoms with Crippen LogP contribution in [0.2, 0.25) is 10.0 Å². The fraction of sp³-hybridized carbons (Fsp3) is 0.0476. The Balaban J connectivity index is 1.76. The Labute approximate surface area is 170 Å². The van der Waals surface area contributed by atoms with Crippen molar-refractivity contribution in [2.24, 2.45) is 10.2 Å². The number of para-hydroxylation sites is 1. The van der Waals surface area contributed by atoms with Gasteiger partial charge in [0.25, 0.3) is 0 Å². The minimum absolute atomic E-state index is 0.478. The molecule has 0 amide bonds. The first-order chi connectivity index (χ1) is 13.2. The summed E-state index contributed by atoms with van der Waals surface area (Å²) in [5, 5.41) is 9.69. The number of thiazole rings is 1. The van der Waals surface area contributed by atoms with Gasteiger partial charge < -0.3 is 4.57 Å². The zero-order valence-electron chi connectivity index (χ0n) is 14.2. The van der Waals surface area contributed by atoms with Crippen molar-refractivity contribution in [3.05, 3.63) is 98.8 Å². The van der Waals surface area contributed by atoms with E-state index in [0.717, 1.165) is 22.4 Å². The van der Waals surface area contributed by atoms with Crippen molar-refractivity contribution >= 4 is 51.0 Å². The molecule has 0 unspecified atom stereocenters. The molecule has 134 valence electrons. The van der Waals surface area contributed by atoms with Crippen molar-refractivity contribution in [1.82, 2.24) is 4.57 Å². The van der Waals surface area contributed by atoms with E-state index in [-0.39, 0.29) is 0 Å². The Morgan fingerprint density at radius 3 is 2.52 bits per heavy atom. The summed E-state index contributed by atoms with van der Waals surface area (Å²) in [6.45, 7) is 0.733. The highest BCUT2D eigenvalue weighted by Crippen LogP contribution is 2.24. The molecule has 1 heterocycles. The smallest absolute Gasteiger partial charge is 0.211 e. The monoisotopic (exact) mass is 411 g/mol. The van der Waals surface area contributed by atoms with E-state index in [4.69, 9.17) is 23.2 Å². The Hall–Kier alpha value is -2.40. The molecule has 3 nitrogen and oxygen atoms in total. The molecule has 1 aromatic heterocycles. The first kappa shape index (κ1) is 18.0. The highest BCUT2D eigenvalue weighted by Gasteiger charge is 2.06. The van der Waals surface area contributed by atoms with Gasteiger partial charge in [-0.2, -0.15) is 5.10 Å². The van der Waals surface area contributed by atoms with Crippen molar-refractivity contribution in [2.75, 3.05) is 0 Å². The summed E-state index contributed by atoms with van der Waals surface area (Å²) in [6, 6.07) is 24.0. The maximum Gasteiger partial charge on any atom is 0.211 e. The summed E-state index contributed by atoms with van der Waals surface area (Å²) < 4.78 is 3.34. The summed E-state index contributed by atoms with van der Waals surface area (Å²) in [7, 11) is 0. The Morgan fingerprint density at radius 1 is 0.889 bits per heavy atom. The van der Waals surface area contributed by atoms with Gasteiger partial charge in [-0.25, -0.2) is 0 Å². The summed E-state index contributed by atoms with van der Waals surface area (Å²) in [5.41, 5.74) is 3.09. The lowest BCUT2D eigenvalue weighted by molar-refractivity contribution is 0.789. The molecule has 0 aliphatic rings. The largest absolute Gasteiger partial charge is 0.311 e. The van der Waals surface area contributed by atoms with Crippen molar-refractivity contribution in [3.63, 3.8) is 0 Å². The molecule has 0 atom stereocenters. The molecule has 3 aromatic carbocycles. The lowest BCUT2D eigenvalue weighted by Gasteiger charge is -2.05. The van der Waals surface area contributed by atoms with Crippen molar-refractivity contribution in [3.8, 4) is 0 Å². The molecule has 0 spiro atoms. The van der Waals surface area contributed by atoms with E-state index in [1.807, 2.05) is 42.5 Å². The molecule has 0 fully saturated rings. The average molecular weight is 412 g/mol. The molecule has 0 bridgehead atoms. The molecule has 0 aliphatic heterocycles. The SMILES string of the molecule is Clc1cccc(C=NN=c2sc3ccccc3n2Cc2ccccc2)c1Cl. The van der Waals surface area contributed by atoms with E-state index in [2.05, 4.69) is 39.0 Å². The maximum absolute atomic E-state index is 6.21. The minimum atomic E-state index is 0.478. The summed E-state index contributed by atoms with van der Waals surface area (Å²) >= 11 is 13.9. The van der Waals surface area contributed by atoms with Crippen LogP contribution in [0.3, 0.4) is 0 Å². The second-order valence-electron chi connectivity index (χ2n) is 5.91. The van der Waals surface area contributed by atoms with Crippen LogP contribution in [-0.4, -0.2) is 10.8 Å². The number of rotatable bonds is 4. The van der Waals surface area contributed by atoms with E-state index >= 15 is 0 Å². The van der Waals surface area contributed by atoms with E-state index in [0.29, 0.717) is 10.0 Å². The third-order valence-electron chi connectivity index (χ3n) is 4.09. The zero-order chi connectivity index (χ0) is 18.6. The van der Waals surface area contributed by atoms with E-state index in [1.165, 1.54) is 10.3 Å². The number of halogens is 2. The van der Waals surface area contributed by atoms with Gasteiger partial charge in [-0.15, -0.1) is 5.10 Å². The van der Waals surface area contributed by atoms with E-state index < -0.39 is 0 Å². The molecular weight excluding hydrogens is 397 g/mol. The van der Waals surface area contributed by atoms with Gasteiger partial charge in [-0.05, 0) is 23.8 Å². The number of nitrogens with zero attached hydrogens (tertiary/aromatic N) is 3. The highest BCUT2D eigenvalue weighted by atomic mass is 35.5. The molecule has 4 aromatic rings. The standard InChI is InChI=1S/C21H15Cl2N3S/c22-17-10-6-9-16(20(17)23)13-24-25-21-26(14-15-7-2-1-3-8-15)18-11-4-5-12-19(18)27-21/h1-13H,14H2. The van der Waals surface area contributed by atoms with Crippen LogP contribution in [0.1, 0.15) is 11.1 Å². The van der Waals surface area contributed by atoms with Crippen LogP contribution in [0, 0.1) is 0 Å². The van der Waals surface area contributed by atoms with Crippen molar-refractivity contribution in [1.29, 1.82) is 0 Å². The molecule has 27 heavy (non-hydrogen) atoms. The predicted molar refractivity (Wildman–Crippen MR) is 115 cm³/mol. The van der Waals surface area contributed by atoms with E-state index in [9.17, 15) is 0 Å². The third-order valence-corrected chi connectivity index (χ3v) is 5.98. The molecule has 0 radical (unpaired) electrons. The van der Waals surface area contributed by atoms with Gasteiger partial charge in [0, 0.05) is 5.56 Å². The lowest BCUT2D eigenvalue weighted by atomic mass is 10.2. The Kier molecular flexibility index (Phi) is 5.39. The second kappa shape index (κ2) is 8.09. The molecule has 0 aliphatic carbocycles. The van der Waals surface area contributed by atoms with Gasteiger partial charge in [0.2, 0.25) is 4.80 Å². The topological polar surface area (TPSA) is 29.6 Å². The van der Waals surface area contributed by atoms with E-state index in [1.54, 1.807) is 23.6 Å². The number of fused-ring (bicyclic) bond motifs is 1. The molecule has 4 rings (SSSR count). The second-order valence-corrected chi connectivity index (χ2v) is 7.71. The Morgan fingerprint density at radius 2 is 1.67 bits per heavy atom. The summed E-state index contributed by atoms with van der Waals surface area (Å²) in [4.78, 5) is 0.828. The van der Waals surface area contributed by atoms with Crippen LogP contribution < -0.4 is 4.80 Å². The molecule has 6 heteroatoms. The zero-order valence-corrected chi connectivity index (χ0v) is 16.5. The fourth-order valence-corrected chi connectivity index (χ4v) is 4.12.